The molecule has 15 heavy (non-hydrogen) atoms. The van der Waals surface area contributed by atoms with Crippen molar-refractivity contribution < 1.29 is 77.5 Å². The molecule has 0 heterocycles. The fourth-order valence-corrected chi connectivity index (χ4v) is 0.632. The third-order valence-corrected chi connectivity index (χ3v) is 0.766. The molecule has 15 heteroatoms. The molecule has 0 rings (SSSR count). The number of hydrogen-bond acceptors (Lipinski definition) is 8. The minimum Gasteiger partial charge on any atom is -0.750 e. The largest absolute Gasteiger partial charge is 1.00 e. The summed E-state index contributed by atoms with van der Waals surface area (Å²) in [5, 5.41) is 0. The molecule has 88 valence electrons. The van der Waals surface area contributed by atoms with Crippen molar-refractivity contribution in [1.82, 2.24) is 0 Å². The maximum atomic E-state index is 9.51. The van der Waals surface area contributed by atoms with Gasteiger partial charge in [-0.3, -0.25) is 9.11 Å². The first-order valence-electron chi connectivity index (χ1n) is 2.05. The van der Waals surface area contributed by atoms with Gasteiger partial charge in [-0.15, -0.1) is 0 Å². The minimum atomic E-state index is -5.02. The van der Waals surface area contributed by atoms with Crippen molar-refractivity contribution in [2.75, 3.05) is 0 Å². The zero-order chi connectivity index (χ0) is 12.0. The maximum Gasteiger partial charge on any atom is 1.00 e. The van der Waals surface area contributed by atoms with E-state index in [4.69, 9.17) is 22.4 Å². The van der Waals surface area contributed by atoms with Gasteiger partial charge in [-0.1, -0.05) is 8.67 Å². The van der Waals surface area contributed by atoms with Gasteiger partial charge in [-0.25, -0.2) is 4.21 Å². The molecule has 0 fully saturated rings. The van der Waals surface area contributed by atoms with Crippen LogP contribution in [0, 0.1) is 0 Å². The van der Waals surface area contributed by atoms with Crippen LogP contribution in [-0.4, -0.2) is 39.3 Å². The average molecular weight is 298 g/mol. The Morgan fingerprint density at radius 2 is 1.13 bits per heavy atom. The van der Waals surface area contributed by atoms with Gasteiger partial charge < -0.3 is 9.11 Å². The average Bonchev–Trinajstić information content (AvgIpc) is 1.79. The Kier molecular flexibility index (Phi) is 12.5. The Labute approximate surface area is 109 Å². The molecular weight excluding hydrogens is 295 g/mol. The van der Waals surface area contributed by atoms with Crippen LogP contribution in [0.1, 0.15) is 0 Å². The van der Waals surface area contributed by atoms with Crippen LogP contribution in [0.2, 0.25) is 0 Å². The van der Waals surface area contributed by atoms with Crippen molar-refractivity contribution in [3.8, 4) is 0 Å². The normalized spacial score (nSPS) is 13.1. The quantitative estimate of drug-likeness (QED) is 0.148. The molecule has 0 aromatic heterocycles. The summed E-state index contributed by atoms with van der Waals surface area (Å²) in [6, 6.07) is 0. The Balaban J connectivity index is -0.000000249. The van der Waals surface area contributed by atoms with Crippen LogP contribution in [0.4, 0.5) is 0 Å². The fraction of sp³-hybridized carbons (Fsp3) is 0. The van der Waals surface area contributed by atoms with Crippen LogP contribution in [0.5, 0.6) is 0 Å². The van der Waals surface area contributed by atoms with Gasteiger partial charge in [0.15, 0.2) is 0 Å². The first-order chi connectivity index (χ1) is 5.94. The summed E-state index contributed by atoms with van der Waals surface area (Å²) in [4.78, 5) is 0. The van der Waals surface area contributed by atoms with Crippen molar-refractivity contribution in [2.24, 2.45) is 0 Å². The van der Waals surface area contributed by atoms with E-state index >= 15 is 0 Å². The minimum absolute atomic E-state index is 0. The summed E-state index contributed by atoms with van der Waals surface area (Å²) < 4.78 is 83.0. The van der Waals surface area contributed by atoms with Gasteiger partial charge in [0, 0.05) is 0 Å². The van der Waals surface area contributed by atoms with Gasteiger partial charge in [0.2, 0.25) is 0 Å². The second-order valence-corrected chi connectivity index (χ2v) is 3.63. The second-order valence-electron chi connectivity index (χ2n) is 1.21. The first-order valence-corrected chi connectivity index (χ1v) is 5.81. The maximum absolute atomic E-state index is 9.51. The molecule has 1 unspecified atom stereocenters. The summed E-state index contributed by atoms with van der Waals surface area (Å²) in [6.07, 6.45) is 0. The monoisotopic (exact) mass is 298 g/mol. The Morgan fingerprint density at radius 3 is 1.20 bits per heavy atom. The molecule has 0 aliphatic carbocycles. The van der Waals surface area contributed by atoms with Crippen molar-refractivity contribution in [2.45, 2.75) is 0 Å². The topological polar surface area (TPSA) is 188 Å². The summed E-state index contributed by atoms with van der Waals surface area (Å²) in [6.45, 7) is 0. The Hall–Kier alpha value is 0.810. The molecule has 0 saturated heterocycles. The zero-order valence-electron chi connectivity index (χ0n) is 6.83. The second kappa shape index (κ2) is 8.90. The molecular formula is H3NaO11S3. The van der Waals surface area contributed by atoms with E-state index in [0.717, 1.165) is 0 Å². The number of rotatable bonds is 3. The van der Waals surface area contributed by atoms with E-state index in [1.54, 1.807) is 0 Å². The third kappa shape index (κ3) is 39.8. The van der Waals surface area contributed by atoms with E-state index < -0.39 is 32.2 Å². The van der Waals surface area contributed by atoms with Gasteiger partial charge in [-0.05, 0) is 0 Å². The number of hydrogen-bond donors (Lipinski definition) is 3. The summed E-state index contributed by atoms with van der Waals surface area (Å²) in [5.41, 5.74) is 0. The van der Waals surface area contributed by atoms with Crippen molar-refractivity contribution >= 4 is 32.2 Å². The molecule has 0 aliphatic heterocycles. The van der Waals surface area contributed by atoms with Crippen LogP contribution in [-0.2, 0) is 40.8 Å². The van der Waals surface area contributed by atoms with E-state index in [2.05, 4.69) is 8.67 Å². The molecule has 0 amide bonds. The van der Waals surface area contributed by atoms with Gasteiger partial charge >= 0.3 is 50.4 Å². The van der Waals surface area contributed by atoms with E-state index in [-0.39, 0.29) is 29.6 Å². The Bertz CT molecular complexity index is 323. The van der Waals surface area contributed by atoms with E-state index in [1.165, 1.54) is 0 Å². The molecule has 0 saturated carbocycles. The van der Waals surface area contributed by atoms with Crippen molar-refractivity contribution in [3.63, 3.8) is 0 Å². The smallest absolute Gasteiger partial charge is 0.750 e. The predicted octanol–water partition coefficient (Wildman–Crippen LogP) is -5.12. The molecule has 0 spiro atoms. The third-order valence-electron chi connectivity index (χ3n) is 0.200. The molecule has 0 radical (unpaired) electrons. The molecule has 0 bridgehead atoms. The summed E-state index contributed by atoms with van der Waals surface area (Å²) >= 11 is -2.86. The summed E-state index contributed by atoms with van der Waals surface area (Å²) in [5.74, 6) is 0. The Morgan fingerprint density at radius 1 is 1.00 bits per heavy atom. The molecule has 1 atom stereocenters. The molecule has 11 nitrogen and oxygen atoms in total. The van der Waals surface area contributed by atoms with Gasteiger partial charge in [0.25, 0.3) is 0 Å². The van der Waals surface area contributed by atoms with E-state index in [9.17, 15) is 16.8 Å². The molecule has 0 aliphatic rings. The van der Waals surface area contributed by atoms with E-state index in [0.29, 0.717) is 0 Å². The van der Waals surface area contributed by atoms with Crippen molar-refractivity contribution in [1.29, 1.82) is 0 Å². The van der Waals surface area contributed by atoms with Gasteiger partial charge in [0.1, 0.15) is 0 Å². The predicted molar refractivity (Wildman–Crippen MR) is 36.8 cm³/mol. The van der Waals surface area contributed by atoms with Crippen LogP contribution >= 0.6 is 0 Å². The van der Waals surface area contributed by atoms with Crippen LogP contribution in [0.25, 0.3) is 0 Å². The molecule has 0 aromatic rings. The van der Waals surface area contributed by atoms with Crippen molar-refractivity contribution in [3.05, 3.63) is 0 Å². The van der Waals surface area contributed by atoms with Crippen LogP contribution in [0.15, 0.2) is 0 Å². The summed E-state index contributed by atoms with van der Waals surface area (Å²) in [7, 11) is -10.0. The zero-order valence-corrected chi connectivity index (χ0v) is 11.3. The van der Waals surface area contributed by atoms with E-state index in [1.807, 2.05) is 0 Å². The van der Waals surface area contributed by atoms with Gasteiger partial charge in [-0.2, -0.15) is 16.8 Å². The SMILES string of the molecule is O=S(=O)(O)OOS(=O)(=O)O.O=S([O-])O.[Na+]. The van der Waals surface area contributed by atoms with Gasteiger partial charge in [0.05, 0.1) is 11.4 Å². The van der Waals surface area contributed by atoms with Crippen LogP contribution in [0.3, 0.4) is 0 Å². The standard InChI is InChI=1S/Na.H2O8S2.H2O3S/c;1-9(2,3)7-8-10(4,5)6;1-4(2)3/h;(H,1,2,3)(H,4,5,6);(H2,1,2,3)/q+1;;/p-1. The first kappa shape index (κ1) is 21.1. The molecule has 3 N–H and O–H groups in total. The molecule has 0 aromatic carbocycles. The fourth-order valence-electron chi connectivity index (χ4n) is 0.0702. The van der Waals surface area contributed by atoms with Crippen LogP contribution < -0.4 is 29.6 Å².